The highest BCUT2D eigenvalue weighted by Crippen LogP contribution is 2.26. The Morgan fingerprint density at radius 3 is 2.64 bits per heavy atom. The molecular weight excluding hydrogens is 336 g/mol. The molecule has 6 heteroatoms. The lowest BCUT2D eigenvalue weighted by Crippen LogP contribution is -2.30. The van der Waals surface area contributed by atoms with E-state index in [1.54, 1.807) is 30.3 Å². The monoisotopic (exact) mass is 350 g/mol. The van der Waals surface area contributed by atoms with E-state index in [4.69, 9.17) is 10.00 Å². The lowest BCUT2D eigenvalue weighted by Gasteiger charge is -2.13. The van der Waals surface area contributed by atoms with Crippen LogP contribution >= 0.6 is 11.3 Å². The van der Waals surface area contributed by atoms with Gasteiger partial charge in [0.05, 0.1) is 11.3 Å². The number of nitrogens with zero attached hydrogens (tertiary/aromatic N) is 1. The molecule has 0 aliphatic heterocycles. The molecule has 1 amide bonds. The van der Waals surface area contributed by atoms with Crippen LogP contribution in [0.1, 0.15) is 22.2 Å². The highest BCUT2D eigenvalue weighted by atomic mass is 32.1. The normalized spacial score (nSPS) is 11.5. The van der Waals surface area contributed by atoms with Gasteiger partial charge in [-0.25, -0.2) is 4.79 Å². The van der Waals surface area contributed by atoms with E-state index >= 15 is 0 Å². The van der Waals surface area contributed by atoms with Crippen LogP contribution in [0.2, 0.25) is 0 Å². The van der Waals surface area contributed by atoms with E-state index < -0.39 is 18.0 Å². The summed E-state index contributed by atoms with van der Waals surface area (Å²) >= 11 is 1.32. The van der Waals surface area contributed by atoms with Gasteiger partial charge in [-0.2, -0.15) is 5.26 Å². The number of amides is 1. The summed E-state index contributed by atoms with van der Waals surface area (Å²) in [6.07, 6.45) is -0.982. The number of hydrogen-bond acceptors (Lipinski definition) is 5. The van der Waals surface area contributed by atoms with E-state index in [0.29, 0.717) is 16.1 Å². The van der Waals surface area contributed by atoms with Gasteiger partial charge in [0.2, 0.25) is 0 Å². The van der Waals surface area contributed by atoms with Crippen molar-refractivity contribution in [3.63, 3.8) is 0 Å². The molecule has 1 atom stereocenters. The minimum Gasteiger partial charge on any atom is -0.448 e. The maximum Gasteiger partial charge on any atom is 0.349 e. The Bertz CT molecular complexity index is 954. The van der Waals surface area contributed by atoms with Crippen molar-refractivity contribution in [2.75, 3.05) is 5.32 Å². The van der Waals surface area contributed by atoms with E-state index in [2.05, 4.69) is 5.32 Å². The predicted molar refractivity (Wildman–Crippen MR) is 96.5 cm³/mol. The summed E-state index contributed by atoms with van der Waals surface area (Å²) in [6, 6.07) is 18.0. The van der Waals surface area contributed by atoms with Crippen molar-refractivity contribution in [1.29, 1.82) is 5.26 Å². The molecular formula is C19H14N2O3S. The van der Waals surface area contributed by atoms with E-state index in [9.17, 15) is 9.59 Å². The molecule has 0 spiro atoms. The number of carbonyl (C=O) groups is 2. The van der Waals surface area contributed by atoms with Gasteiger partial charge in [0.15, 0.2) is 6.10 Å². The smallest absolute Gasteiger partial charge is 0.349 e. The molecule has 3 rings (SSSR count). The van der Waals surface area contributed by atoms with Crippen molar-refractivity contribution in [2.24, 2.45) is 0 Å². The average Bonchev–Trinajstić information content (AvgIpc) is 3.06. The van der Waals surface area contributed by atoms with Crippen molar-refractivity contribution in [2.45, 2.75) is 13.0 Å². The zero-order valence-electron chi connectivity index (χ0n) is 13.4. The van der Waals surface area contributed by atoms with Gasteiger partial charge < -0.3 is 10.1 Å². The summed E-state index contributed by atoms with van der Waals surface area (Å²) in [4.78, 5) is 24.9. The molecule has 0 fully saturated rings. The fraction of sp³-hybridized carbons (Fsp3) is 0.105. The number of esters is 1. The second kappa shape index (κ2) is 7.16. The Kier molecular flexibility index (Phi) is 4.78. The molecule has 0 saturated heterocycles. The van der Waals surface area contributed by atoms with E-state index in [0.717, 1.165) is 10.1 Å². The number of benzene rings is 2. The summed E-state index contributed by atoms with van der Waals surface area (Å²) < 4.78 is 6.23. The molecule has 1 heterocycles. The molecule has 3 aromatic rings. The summed E-state index contributed by atoms with van der Waals surface area (Å²) in [5.74, 6) is -1.03. The zero-order valence-corrected chi connectivity index (χ0v) is 14.2. The van der Waals surface area contributed by atoms with Crippen LogP contribution in [0.4, 0.5) is 5.69 Å². The zero-order chi connectivity index (χ0) is 17.8. The van der Waals surface area contributed by atoms with Crippen molar-refractivity contribution >= 4 is 39.0 Å². The summed E-state index contributed by atoms with van der Waals surface area (Å²) in [7, 11) is 0. The van der Waals surface area contributed by atoms with Crippen LogP contribution < -0.4 is 5.32 Å². The van der Waals surface area contributed by atoms with Crippen LogP contribution in [-0.4, -0.2) is 18.0 Å². The summed E-state index contributed by atoms with van der Waals surface area (Å²) in [5.41, 5.74) is 0.735. The quantitative estimate of drug-likeness (QED) is 0.723. The van der Waals surface area contributed by atoms with Crippen LogP contribution in [0.5, 0.6) is 0 Å². The Balaban J connectivity index is 1.68. The fourth-order valence-corrected chi connectivity index (χ4v) is 3.22. The molecule has 25 heavy (non-hydrogen) atoms. The third-order valence-corrected chi connectivity index (χ3v) is 4.68. The topological polar surface area (TPSA) is 79.2 Å². The van der Waals surface area contributed by atoms with Crippen molar-refractivity contribution < 1.29 is 14.3 Å². The summed E-state index contributed by atoms with van der Waals surface area (Å²) in [6.45, 7) is 1.50. The van der Waals surface area contributed by atoms with Crippen LogP contribution in [-0.2, 0) is 9.53 Å². The van der Waals surface area contributed by atoms with Gasteiger partial charge in [-0.3, -0.25) is 4.79 Å². The van der Waals surface area contributed by atoms with Crippen LogP contribution in [0.25, 0.3) is 10.1 Å². The van der Waals surface area contributed by atoms with Crippen LogP contribution in [0.15, 0.2) is 54.6 Å². The van der Waals surface area contributed by atoms with Crippen molar-refractivity contribution in [3.8, 4) is 6.07 Å². The van der Waals surface area contributed by atoms with Gasteiger partial charge in [-0.15, -0.1) is 11.3 Å². The SMILES string of the molecule is C[C@H](OC(=O)c1cc2ccccc2s1)C(=O)Nc1ccccc1C#N. The highest BCUT2D eigenvalue weighted by Gasteiger charge is 2.21. The van der Waals surface area contributed by atoms with Gasteiger partial charge in [0.25, 0.3) is 5.91 Å². The lowest BCUT2D eigenvalue weighted by molar-refractivity contribution is -0.123. The Labute approximate surface area is 148 Å². The Morgan fingerprint density at radius 2 is 1.88 bits per heavy atom. The molecule has 0 aliphatic carbocycles. The van der Waals surface area contributed by atoms with Gasteiger partial charge in [-0.1, -0.05) is 30.3 Å². The number of nitriles is 1. The number of ether oxygens (including phenoxy) is 1. The maximum absolute atomic E-state index is 12.3. The number of thiophene rings is 1. The second-order valence-electron chi connectivity index (χ2n) is 5.34. The van der Waals surface area contributed by atoms with Crippen molar-refractivity contribution in [1.82, 2.24) is 0 Å². The molecule has 5 nitrogen and oxygen atoms in total. The first-order valence-corrected chi connectivity index (χ1v) is 8.39. The molecule has 1 aromatic heterocycles. The molecule has 0 aliphatic rings. The minimum absolute atomic E-state index is 0.346. The maximum atomic E-state index is 12.3. The van der Waals surface area contributed by atoms with E-state index in [1.807, 2.05) is 30.3 Å². The number of para-hydroxylation sites is 1. The lowest BCUT2D eigenvalue weighted by atomic mass is 10.2. The number of fused-ring (bicyclic) bond motifs is 1. The van der Waals surface area contributed by atoms with E-state index in [1.165, 1.54) is 18.3 Å². The predicted octanol–water partition coefficient (Wildman–Crippen LogP) is 3.96. The fourth-order valence-electron chi connectivity index (χ4n) is 2.28. The second-order valence-corrected chi connectivity index (χ2v) is 6.43. The number of carbonyl (C=O) groups excluding carboxylic acids is 2. The van der Waals surface area contributed by atoms with Gasteiger partial charge in [0.1, 0.15) is 10.9 Å². The van der Waals surface area contributed by atoms with Crippen LogP contribution in [0.3, 0.4) is 0 Å². The van der Waals surface area contributed by atoms with Gasteiger partial charge in [-0.05, 0) is 36.6 Å². The first kappa shape index (κ1) is 16.7. The standard InChI is InChI=1S/C19H14N2O3S/c1-12(18(22)21-15-8-4-2-7-14(15)11-20)24-19(23)17-10-13-6-3-5-9-16(13)25-17/h2-10,12H,1H3,(H,21,22)/t12-/m0/s1. The number of nitrogens with one attached hydrogen (secondary N) is 1. The average molecular weight is 350 g/mol. The first-order valence-electron chi connectivity index (χ1n) is 7.58. The molecule has 124 valence electrons. The third-order valence-electron chi connectivity index (χ3n) is 3.59. The highest BCUT2D eigenvalue weighted by molar-refractivity contribution is 7.20. The van der Waals surface area contributed by atoms with Gasteiger partial charge in [0, 0.05) is 4.70 Å². The Hall–Kier alpha value is -3.17. The minimum atomic E-state index is -0.982. The first-order chi connectivity index (χ1) is 12.1. The summed E-state index contributed by atoms with van der Waals surface area (Å²) in [5, 5.41) is 12.6. The molecule has 0 saturated carbocycles. The largest absolute Gasteiger partial charge is 0.448 e. The Morgan fingerprint density at radius 1 is 1.16 bits per heavy atom. The van der Waals surface area contributed by atoms with Gasteiger partial charge >= 0.3 is 5.97 Å². The molecule has 0 radical (unpaired) electrons. The van der Waals surface area contributed by atoms with Crippen molar-refractivity contribution in [3.05, 3.63) is 65.0 Å². The number of hydrogen-bond donors (Lipinski definition) is 1. The third kappa shape index (κ3) is 3.67. The van der Waals surface area contributed by atoms with E-state index in [-0.39, 0.29) is 0 Å². The molecule has 1 N–H and O–H groups in total. The molecule has 0 unspecified atom stereocenters. The number of rotatable bonds is 4. The number of anilines is 1. The van der Waals surface area contributed by atoms with Crippen LogP contribution in [0, 0.1) is 11.3 Å². The molecule has 2 aromatic carbocycles. The molecule has 0 bridgehead atoms.